The average Bonchev–Trinajstić information content (AvgIpc) is 3.06. The lowest BCUT2D eigenvalue weighted by atomic mass is 9.80. The number of likely N-dealkylation sites (tertiary alicyclic amines) is 1. The number of ketones is 2. The molecule has 1 aliphatic heterocycles. The van der Waals surface area contributed by atoms with E-state index in [1.807, 2.05) is 0 Å². The molecule has 5 atom stereocenters. The Labute approximate surface area is 228 Å². The molecule has 0 bridgehead atoms. The van der Waals surface area contributed by atoms with Crippen molar-refractivity contribution in [1.82, 2.24) is 15.5 Å². The fourth-order valence-corrected chi connectivity index (χ4v) is 6.00. The Morgan fingerprint density at radius 2 is 1.62 bits per heavy atom. The van der Waals surface area contributed by atoms with Crippen molar-refractivity contribution in [1.29, 1.82) is 0 Å². The maximum atomic E-state index is 13.8. The molecule has 3 rings (SSSR count). The highest BCUT2D eigenvalue weighted by Gasteiger charge is 2.74. The number of rotatable bonds is 8. The molecule has 3 amide bonds. The molecule has 208 valence electrons. The van der Waals surface area contributed by atoms with Crippen molar-refractivity contribution in [2.24, 2.45) is 23.2 Å². The molecule has 0 aromatic carbocycles. The Hall–Kier alpha value is -1.87. The summed E-state index contributed by atoms with van der Waals surface area (Å²) in [6.07, 6.45) is 2.55. The lowest BCUT2D eigenvalue weighted by Gasteiger charge is -2.38. The number of hydrogen-bond acceptors (Lipinski definition) is 6. The molecule has 0 radical (unpaired) electrons. The highest BCUT2D eigenvalue weighted by molar-refractivity contribution is 6.51. The van der Waals surface area contributed by atoms with Gasteiger partial charge in [0, 0.05) is 25.3 Å². The molecular formula is C26H39Cl2N3O6. The van der Waals surface area contributed by atoms with Crippen molar-refractivity contribution in [2.45, 2.75) is 102 Å². The van der Waals surface area contributed by atoms with Gasteiger partial charge in [-0.1, -0.05) is 40.0 Å². The molecule has 0 aromatic heterocycles. The molecular weight excluding hydrogens is 521 g/mol. The van der Waals surface area contributed by atoms with E-state index >= 15 is 0 Å². The van der Waals surface area contributed by atoms with Gasteiger partial charge in [0.05, 0.1) is 6.04 Å². The molecule has 11 heteroatoms. The fraction of sp³-hybridized carbons (Fsp3) is 0.808. The van der Waals surface area contributed by atoms with E-state index in [1.165, 1.54) is 11.8 Å². The minimum atomic E-state index is -1.18. The summed E-state index contributed by atoms with van der Waals surface area (Å²) >= 11 is 12.9. The van der Waals surface area contributed by atoms with Crippen molar-refractivity contribution in [3.05, 3.63) is 0 Å². The van der Waals surface area contributed by atoms with Crippen LogP contribution in [0.25, 0.3) is 0 Å². The smallest absolute Gasteiger partial charge is 0.408 e. The number of carbonyl (C=O) groups excluding carboxylic acids is 5. The van der Waals surface area contributed by atoms with Crippen molar-refractivity contribution < 1.29 is 28.7 Å². The largest absolute Gasteiger partial charge is 0.444 e. The third-order valence-corrected chi connectivity index (χ3v) is 8.50. The van der Waals surface area contributed by atoms with Crippen LogP contribution in [0, 0.1) is 23.2 Å². The number of nitrogens with one attached hydrogen (secondary N) is 2. The van der Waals surface area contributed by atoms with E-state index in [0.717, 1.165) is 19.3 Å². The summed E-state index contributed by atoms with van der Waals surface area (Å²) in [6, 6.07) is -3.01. The van der Waals surface area contributed by atoms with Gasteiger partial charge in [0.25, 0.3) is 0 Å². The minimum absolute atomic E-state index is 0.130. The first kappa shape index (κ1) is 29.7. The van der Waals surface area contributed by atoms with Crippen LogP contribution in [0.1, 0.15) is 74.1 Å². The number of nitrogens with zero attached hydrogens (tertiary/aromatic N) is 1. The Morgan fingerprint density at radius 1 is 1.03 bits per heavy atom. The maximum Gasteiger partial charge on any atom is 0.408 e. The van der Waals surface area contributed by atoms with Crippen LogP contribution in [0.4, 0.5) is 4.79 Å². The summed E-state index contributed by atoms with van der Waals surface area (Å²) in [5, 5.41) is 5.40. The molecule has 9 nitrogen and oxygen atoms in total. The van der Waals surface area contributed by atoms with E-state index in [4.69, 9.17) is 27.9 Å². The van der Waals surface area contributed by atoms with Crippen molar-refractivity contribution in [3.8, 4) is 0 Å². The predicted octanol–water partition coefficient (Wildman–Crippen LogP) is 3.39. The Morgan fingerprint density at radius 3 is 2.08 bits per heavy atom. The average molecular weight is 561 g/mol. The second-order valence-corrected chi connectivity index (χ2v) is 14.1. The van der Waals surface area contributed by atoms with E-state index in [9.17, 15) is 24.0 Å². The van der Waals surface area contributed by atoms with Crippen LogP contribution < -0.4 is 10.6 Å². The summed E-state index contributed by atoms with van der Waals surface area (Å²) in [5.41, 5.74) is -1.47. The maximum absolute atomic E-state index is 13.8. The first-order chi connectivity index (χ1) is 16.8. The van der Waals surface area contributed by atoms with Crippen LogP contribution in [0.15, 0.2) is 0 Å². The lowest BCUT2D eigenvalue weighted by molar-refractivity contribution is -0.144. The standard InChI is InChI=1S/C26H39Cl2N3O6/c1-13(32)19(33)16(11-14-9-8-10-14)29-21(34)18-17-15(26(17,27)28)12-31(18)22(35)20(24(2,3)4)30-23(36)37-25(5,6)7/h14-18,20H,8-12H2,1-7H3,(H,29,34)(H,30,36). The monoisotopic (exact) mass is 559 g/mol. The number of piperidine rings is 1. The van der Waals surface area contributed by atoms with Crippen LogP contribution >= 0.6 is 23.2 Å². The summed E-state index contributed by atoms with van der Waals surface area (Å²) < 4.78 is 4.18. The minimum Gasteiger partial charge on any atom is -0.444 e. The molecule has 0 aromatic rings. The number of ether oxygens (including phenoxy) is 1. The van der Waals surface area contributed by atoms with Crippen LogP contribution in [-0.2, 0) is 23.9 Å². The van der Waals surface area contributed by atoms with Gasteiger partial charge in [-0.15, -0.1) is 23.2 Å². The van der Waals surface area contributed by atoms with Crippen molar-refractivity contribution in [3.63, 3.8) is 0 Å². The Bertz CT molecular complexity index is 966. The zero-order valence-electron chi connectivity index (χ0n) is 22.7. The van der Waals surface area contributed by atoms with Gasteiger partial charge in [-0.05, 0) is 38.5 Å². The van der Waals surface area contributed by atoms with Gasteiger partial charge in [0.2, 0.25) is 17.6 Å². The van der Waals surface area contributed by atoms with Crippen LogP contribution in [0.2, 0.25) is 0 Å². The van der Waals surface area contributed by atoms with Gasteiger partial charge in [0.1, 0.15) is 22.0 Å². The number of amides is 3. The molecule has 3 fully saturated rings. The normalized spacial score (nSPS) is 26.3. The zero-order chi connectivity index (χ0) is 28.1. The molecule has 37 heavy (non-hydrogen) atoms. The number of Topliss-reactive ketones (excluding diaryl/α,β-unsaturated/α-hetero) is 2. The molecule has 3 aliphatic rings. The van der Waals surface area contributed by atoms with E-state index < -0.39 is 68.9 Å². The van der Waals surface area contributed by atoms with E-state index in [-0.39, 0.29) is 18.4 Å². The highest BCUT2D eigenvalue weighted by Crippen LogP contribution is 2.65. The number of hydrogen-bond donors (Lipinski definition) is 2. The number of fused-ring (bicyclic) bond motifs is 1. The van der Waals surface area contributed by atoms with Gasteiger partial charge in [-0.3, -0.25) is 19.2 Å². The first-order valence-corrected chi connectivity index (χ1v) is 13.6. The third kappa shape index (κ3) is 6.59. The van der Waals surface area contributed by atoms with E-state index in [1.54, 1.807) is 41.5 Å². The SMILES string of the molecule is CC(=O)C(=O)C(CC1CCC1)NC(=O)C1C2C(CN1C(=O)C(NC(=O)OC(C)(C)C)C(C)(C)C)C2(Cl)Cl. The number of alkyl halides is 2. The van der Waals surface area contributed by atoms with Crippen molar-refractivity contribution in [2.75, 3.05) is 6.54 Å². The van der Waals surface area contributed by atoms with Gasteiger partial charge in [-0.25, -0.2) is 4.79 Å². The second kappa shape index (κ2) is 10.4. The fourth-order valence-electron chi connectivity index (χ4n) is 5.17. The van der Waals surface area contributed by atoms with E-state index in [2.05, 4.69) is 10.6 Å². The van der Waals surface area contributed by atoms with E-state index in [0.29, 0.717) is 6.42 Å². The van der Waals surface area contributed by atoms with Crippen LogP contribution in [-0.4, -0.2) is 69.0 Å². The molecule has 5 unspecified atom stereocenters. The first-order valence-electron chi connectivity index (χ1n) is 12.9. The number of halogens is 2. The summed E-state index contributed by atoms with van der Waals surface area (Å²) in [5.74, 6) is -2.94. The molecule has 2 saturated carbocycles. The molecule has 0 spiro atoms. The van der Waals surface area contributed by atoms with Crippen LogP contribution in [0.3, 0.4) is 0 Å². The number of alkyl carbamates (subject to hydrolysis) is 1. The Balaban J connectivity index is 1.83. The lowest BCUT2D eigenvalue weighted by Crippen LogP contribution is -2.60. The van der Waals surface area contributed by atoms with Crippen LogP contribution in [0.5, 0.6) is 0 Å². The van der Waals surface area contributed by atoms with Gasteiger partial charge in [0.15, 0.2) is 5.78 Å². The quantitative estimate of drug-likeness (QED) is 0.347. The topological polar surface area (TPSA) is 122 Å². The third-order valence-electron chi connectivity index (χ3n) is 7.43. The summed E-state index contributed by atoms with van der Waals surface area (Å²) in [6.45, 7) is 11.9. The molecule has 2 N–H and O–H groups in total. The zero-order valence-corrected chi connectivity index (χ0v) is 24.2. The second-order valence-electron chi connectivity index (χ2n) is 12.7. The number of carbonyl (C=O) groups is 5. The van der Waals surface area contributed by atoms with Gasteiger partial charge in [-0.2, -0.15) is 0 Å². The van der Waals surface area contributed by atoms with Gasteiger partial charge < -0.3 is 20.3 Å². The molecule has 1 heterocycles. The highest BCUT2D eigenvalue weighted by atomic mass is 35.5. The molecule has 1 saturated heterocycles. The molecule has 2 aliphatic carbocycles. The van der Waals surface area contributed by atoms with Gasteiger partial charge >= 0.3 is 6.09 Å². The summed E-state index contributed by atoms with van der Waals surface area (Å²) in [7, 11) is 0. The summed E-state index contributed by atoms with van der Waals surface area (Å²) in [4.78, 5) is 65.8. The van der Waals surface area contributed by atoms with Crippen molar-refractivity contribution >= 4 is 52.7 Å². The Kier molecular flexibility index (Phi) is 8.31. The predicted molar refractivity (Wildman–Crippen MR) is 139 cm³/mol.